The third kappa shape index (κ3) is 2.63. The Hall–Kier alpha value is -2.69. The van der Waals surface area contributed by atoms with Crippen LogP contribution < -0.4 is 0 Å². The van der Waals surface area contributed by atoms with Crippen LogP contribution in [0.3, 0.4) is 0 Å². The van der Waals surface area contributed by atoms with Gasteiger partial charge in [0, 0.05) is 6.54 Å². The molecule has 4 nitrogen and oxygen atoms in total. The lowest BCUT2D eigenvalue weighted by Crippen LogP contribution is -2.01. The van der Waals surface area contributed by atoms with E-state index in [1.807, 2.05) is 10.6 Å². The number of imidazole rings is 1. The monoisotopic (exact) mass is 284 g/mol. The minimum absolute atomic E-state index is 0.202. The molecule has 0 saturated carbocycles. The number of hydrogen-bond donors (Lipinski definition) is 1. The van der Waals surface area contributed by atoms with Crippen molar-refractivity contribution in [1.82, 2.24) is 9.55 Å². The molecule has 0 aliphatic heterocycles. The van der Waals surface area contributed by atoms with E-state index in [1.165, 1.54) is 12.1 Å². The van der Waals surface area contributed by atoms with E-state index in [4.69, 9.17) is 5.11 Å². The van der Waals surface area contributed by atoms with E-state index in [0.29, 0.717) is 12.1 Å². The molecule has 1 N–H and O–H groups in total. The van der Waals surface area contributed by atoms with Crippen molar-refractivity contribution in [2.24, 2.45) is 0 Å². The molecule has 5 heteroatoms. The van der Waals surface area contributed by atoms with E-state index >= 15 is 0 Å². The summed E-state index contributed by atoms with van der Waals surface area (Å²) in [6.07, 6.45) is 2.36. The topological polar surface area (TPSA) is 55.1 Å². The first-order valence-corrected chi connectivity index (χ1v) is 6.57. The lowest BCUT2D eigenvalue weighted by atomic mass is 10.1. The molecule has 2 aromatic carbocycles. The van der Waals surface area contributed by atoms with Gasteiger partial charge in [0.2, 0.25) is 0 Å². The van der Waals surface area contributed by atoms with Crippen LogP contribution in [-0.4, -0.2) is 20.6 Å². The molecule has 3 rings (SSSR count). The standard InChI is InChI=1S/C16H13FN2O2/c17-12-6-4-11(5-7-12)8-9-19-10-18-15-13(16(20)21)2-1-3-14(15)19/h1-7,10H,8-9H2,(H,20,21). The molecule has 0 amide bonds. The van der Waals surface area contributed by atoms with Crippen molar-refractivity contribution in [3.63, 3.8) is 0 Å². The summed E-state index contributed by atoms with van der Waals surface area (Å²) < 4.78 is 14.8. The number of aromatic carboxylic acids is 1. The van der Waals surface area contributed by atoms with Crippen LogP contribution in [0.15, 0.2) is 48.8 Å². The average Bonchev–Trinajstić information content (AvgIpc) is 2.89. The molecule has 0 atom stereocenters. The smallest absolute Gasteiger partial charge is 0.337 e. The number of carbonyl (C=O) groups is 1. The highest BCUT2D eigenvalue weighted by atomic mass is 19.1. The average molecular weight is 284 g/mol. The third-order valence-electron chi connectivity index (χ3n) is 3.44. The van der Waals surface area contributed by atoms with Crippen molar-refractivity contribution in [3.8, 4) is 0 Å². The van der Waals surface area contributed by atoms with Crippen LogP contribution in [-0.2, 0) is 13.0 Å². The number of fused-ring (bicyclic) bond motifs is 1. The van der Waals surface area contributed by atoms with Gasteiger partial charge < -0.3 is 9.67 Å². The highest BCUT2D eigenvalue weighted by Gasteiger charge is 2.12. The number of hydrogen-bond acceptors (Lipinski definition) is 2. The molecule has 0 aliphatic rings. The van der Waals surface area contributed by atoms with Gasteiger partial charge in [0.15, 0.2) is 0 Å². The maximum Gasteiger partial charge on any atom is 0.337 e. The summed E-state index contributed by atoms with van der Waals surface area (Å²) >= 11 is 0. The molecule has 0 saturated heterocycles. The first-order valence-electron chi connectivity index (χ1n) is 6.57. The molecular formula is C16H13FN2O2. The van der Waals surface area contributed by atoms with Crippen LogP contribution in [0.2, 0.25) is 0 Å². The number of halogens is 1. The predicted octanol–water partition coefficient (Wildman–Crippen LogP) is 3.12. The maximum absolute atomic E-state index is 12.9. The van der Waals surface area contributed by atoms with Gasteiger partial charge in [-0.05, 0) is 36.2 Å². The van der Waals surface area contributed by atoms with Crippen LogP contribution in [0.5, 0.6) is 0 Å². The minimum Gasteiger partial charge on any atom is -0.478 e. The molecule has 106 valence electrons. The first kappa shape index (κ1) is 13.3. The Morgan fingerprint density at radius 1 is 1.19 bits per heavy atom. The van der Waals surface area contributed by atoms with Crippen LogP contribution in [0.4, 0.5) is 4.39 Å². The van der Waals surface area contributed by atoms with Crippen LogP contribution in [0, 0.1) is 5.82 Å². The first-order chi connectivity index (χ1) is 10.1. The maximum atomic E-state index is 12.9. The Balaban J connectivity index is 1.86. The van der Waals surface area contributed by atoms with Crippen molar-refractivity contribution in [2.45, 2.75) is 13.0 Å². The zero-order chi connectivity index (χ0) is 14.8. The SMILES string of the molecule is O=C(O)c1cccc2c1ncn2CCc1ccc(F)cc1. The molecule has 0 unspecified atom stereocenters. The van der Waals surface area contributed by atoms with Crippen molar-refractivity contribution in [2.75, 3.05) is 0 Å². The fourth-order valence-corrected chi connectivity index (χ4v) is 2.34. The number of rotatable bonds is 4. The van der Waals surface area contributed by atoms with E-state index < -0.39 is 5.97 Å². The quantitative estimate of drug-likeness (QED) is 0.801. The van der Waals surface area contributed by atoms with Crippen molar-refractivity contribution in [3.05, 3.63) is 65.7 Å². The van der Waals surface area contributed by atoms with E-state index in [9.17, 15) is 9.18 Å². The summed E-state index contributed by atoms with van der Waals surface area (Å²) in [7, 11) is 0. The Bertz CT molecular complexity index is 794. The fourth-order valence-electron chi connectivity index (χ4n) is 2.34. The van der Waals surface area contributed by atoms with Crippen molar-refractivity contribution < 1.29 is 14.3 Å². The number of para-hydroxylation sites is 1. The lowest BCUT2D eigenvalue weighted by molar-refractivity contribution is 0.0699. The van der Waals surface area contributed by atoms with Crippen LogP contribution >= 0.6 is 0 Å². The van der Waals surface area contributed by atoms with Gasteiger partial charge in [-0.25, -0.2) is 14.2 Å². The second kappa shape index (κ2) is 5.36. The Labute approximate surface area is 120 Å². The summed E-state index contributed by atoms with van der Waals surface area (Å²) in [4.78, 5) is 15.3. The number of benzene rings is 2. The molecule has 0 spiro atoms. The van der Waals surface area contributed by atoms with Gasteiger partial charge >= 0.3 is 5.97 Å². The van der Waals surface area contributed by atoms with Crippen LogP contribution in [0.25, 0.3) is 11.0 Å². The largest absolute Gasteiger partial charge is 0.478 e. The van der Waals surface area contributed by atoms with E-state index in [1.54, 1.807) is 30.6 Å². The minimum atomic E-state index is -0.982. The van der Waals surface area contributed by atoms with E-state index in [2.05, 4.69) is 4.98 Å². The highest BCUT2D eigenvalue weighted by Crippen LogP contribution is 2.18. The zero-order valence-electron chi connectivity index (χ0n) is 11.2. The van der Waals surface area contributed by atoms with Gasteiger partial charge in [-0.3, -0.25) is 0 Å². The summed E-state index contributed by atoms with van der Waals surface area (Å²) in [6, 6.07) is 11.5. The summed E-state index contributed by atoms with van der Waals surface area (Å²) in [5.41, 5.74) is 2.50. The number of aryl methyl sites for hydroxylation is 2. The molecule has 0 aliphatic carbocycles. The third-order valence-corrected chi connectivity index (χ3v) is 3.44. The Morgan fingerprint density at radius 2 is 1.95 bits per heavy atom. The molecule has 0 fully saturated rings. The molecule has 0 bridgehead atoms. The fraction of sp³-hybridized carbons (Fsp3) is 0.125. The molecule has 1 heterocycles. The number of carboxylic acid groups (broad SMARTS) is 1. The second-order valence-corrected chi connectivity index (χ2v) is 4.79. The Kier molecular flexibility index (Phi) is 3.39. The normalized spacial score (nSPS) is 10.9. The molecule has 0 radical (unpaired) electrons. The summed E-state index contributed by atoms with van der Waals surface area (Å²) in [5.74, 6) is -1.23. The molecule has 21 heavy (non-hydrogen) atoms. The van der Waals surface area contributed by atoms with Gasteiger partial charge in [0.05, 0.1) is 17.4 Å². The van der Waals surface area contributed by atoms with Crippen LogP contribution in [0.1, 0.15) is 15.9 Å². The van der Waals surface area contributed by atoms with E-state index in [0.717, 1.165) is 17.5 Å². The number of aromatic nitrogens is 2. The molecule has 1 aromatic heterocycles. The van der Waals surface area contributed by atoms with Gasteiger partial charge in [-0.2, -0.15) is 0 Å². The van der Waals surface area contributed by atoms with Crippen molar-refractivity contribution >= 4 is 17.0 Å². The van der Waals surface area contributed by atoms with E-state index in [-0.39, 0.29) is 11.4 Å². The Morgan fingerprint density at radius 3 is 2.67 bits per heavy atom. The number of carboxylic acids is 1. The van der Waals surface area contributed by atoms with Gasteiger partial charge in [-0.15, -0.1) is 0 Å². The lowest BCUT2D eigenvalue weighted by Gasteiger charge is -2.05. The summed E-state index contributed by atoms with van der Waals surface area (Å²) in [6.45, 7) is 0.658. The molecular weight excluding hydrogens is 271 g/mol. The van der Waals surface area contributed by atoms with Gasteiger partial charge in [-0.1, -0.05) is 18.2 Å². The second-order valence-electron chi connectivity index (χ2n) is 4.79. The van der Waals surface area contributed by atoms with Gasteiger partial charge in [0.1, 0.15) is 11.3 Å². The highest BCUT2D eigenvalue weighted by molar-refractivity contribution is 6.00. The predicted molar refractivity (Wildman–Crippen MR) is 76.8 cm³/mol. The number of nitrogens with zero attached hydrogens (tertiary/aromatic N) is 2. The zero-order valence-corrected chi connectivity index (χ0v) is 11.2. The van der Waals surface area contributed by atoms with Crippen molar-refractivity contribution in [1.29, 1.82) is 0 Å². The molecule has 3 aromatic rings. The van der Waals surface area contributed by atoms with Gasteiger partial charge in [0.25, 0.3) is 0 Å². The summed E-state index contributed by atoms with van der Waals surface area (Å²) in [5, 5.41) is 9.14.